The molecule has 3 fully saturated rings. The Kier molecular flexibility index (Phi) is 11.3. The van der Waals surface area contributed by atoms with E-state index in [9.17, 15) is 24.0 Å². The second-order valence-corrected chi connectivity index (χ2v) is 12.2. The number of carbonyl (C=O) groups excluding carboxylic acids is 5. The van der Waals surface area contributed by atoms with Crippen molar-refractivity contribution >= 4 is 40.7 Å². The summed E-state index contributed by atoms with van der Waals surface area (Å²) in [7, 11) is 0. The zero-order valence-electron chi connectivity index (χ0n) is 27.4. The average molecular weight is 652 g/mol. The summed E-state index contributed by atoms with van der Waals surface area (Å²) in [5.41, 5.74) is 1.53. The Hall–Kier alpha value is -4.62. The molecule has 3 saturated heterocycles. The predicted octanol–water partition coefficient (Wildman–Crippen LogP) is 2.09. The number of aryl methyl sites for hydroxylation is 1. The Morgan fingerprint density at radius 1 is 0.787 bits per heavy atom. The maximum Gasteiger partial charge on any atom is 0.409 e. The summed E-state index contributed by atoms with van der Waals surface area (Å²) < 4.78 is 11.2. The number of unbranched alkanes of at least 4 members (excludes halogenated alkanes) is 1. The number of fused-ring (bicyclic) bond motifs is 1. The number of piperazine rings is 2. The molecule has 3 aliphatic heterocycles. The van der Waals surface area contributed by atoms with Gasteiger partial charge in [0.15, 0.2) is 6.61 Å². The summed E-state index contributed by atoms with van der Waals surface area (Å²) in [6.45, 7) is 8.66. The lowest BCUT2D eigenvalue weighted by molar-refractivity contribution is -0.134. The molecule has 0 bridgehead atoms. The number of urea groups is 1. The molecular weight excluding hydrogens is 606 g/mol. The number of nitrogens with one attached hydrogen (secondary N) is 1. The highest BCUT2D eigenvalue weighted by Gasteiger charge is 2.29. The lowest BCUT2D eigenvalue weighted by atomic mass is 10.1. The minimum absolute atomic E-state index is 0.0410. The third kappa shape index (κ3) is 8.60. The molecule has 14 heteroatoms. The van der Waals surface area contributed by atoms with E-state index in [-0.39, 0.29) is 42.8 Å². The van der Waals surface area contributed by atoms with Gasteiger partial charge in [0.25, 0.3) is 11.8 Å². The van der Waals surface area contributed by atoms with Crippen LogP contribution in [0.4, 0.5) is 9.59 Å². The first-order valence-corrected chi connectivity index (χ1v) is 16.6. The third-order valence-corrected chi connectivity index (χ3v) is 8.80. The van der Waals surface area contributed by atoms with Crippen LogP contribution in [0.5, 0.6) is 5.75 Å². The van der Waals surface area contributed by atoms with E-state index in [1.54, 1.807) is 19.6 Å². The van der Waals surface area contributed by atoms with E-state index in [2.05, 4.69) is 10.3 Å². The van der Waals surface area contributed by atoms with Crippen LogP contribution in [0.3, 0.4) is 0 Å². The molecule has 0 aliphatic carbocycles. The van der Waals surface area contributed by atoms with Gasteiger partial charge in [-0.1, -0.05) is 19.4 Å². The van der Waals surface area contributed by atoms with Crippen molar-refractivity contribution < 1.29 is 33.4 Å². The van der Waals surface area contributed by atoms with Crippen LogP contribution in [0.1, 0.15) is 48.7 Å². The van der Waals surface area contributed by atoms with Crippen LogP contribution in [0.25, 0.3) is 10.9 Å². The summed E-state index contributed by atoms with van der Waals surface area (Å²) in [4.78, 5) is 77.1. The summed E-state index contributed by atoms with van der Waals surface area (Å²) in [5, 5.41) is 3.31. The minimum Gasteiger partial charge on any atom is -0.483 e. The molecule has 254 valence electrons. The Morgan fingerprint density at radius 3 is 2.09 bits per heavy atom. The van der Waals surface area contributed by atoms with Crippen molar-refractivity contribution in [1.29, 1.82) is 0 Å². The van der Waals surface area contributed by atoms with E-state index in [4.69, 9.17) is 9.47 Å². The fourth-order valence-electron chi connectivity index (χ4n) is 5.92. The van der Waals surface area contributed by atoms with Crippen LogP contribution in [-0.4, -0.2) is 145 Å². The van der Waals surface area contributed by atoms with Gasteiger partial charge in [0.1, 0.15) is 11.4 Å². The van der Waals surface area contributed by atoms with E-state index < -0.39 is 5.91 Å². The van der Waals surface area contributed by atoms with Gasteiger partial charge in [-0.3, -0.25) is 14.4 Å². The number of ether oxygens (including phenoxy) is 2. The molecule has 47 heavy (non-hydrogen) atoms. The monoisotopic (exact) mass is 651 g/mol. The zero-order valence-corrected chi connectivity index (χ0v) is 27.4. The van der Waals surface area contributed by atoms with Crippen molar-refractivity contribution in [3.8, 4) is 5.75 Å². The number of likely N-dealkylation sites (tertiary alicyclic amines) is 1. The Bertz CT molecular complexity index is 1460. The number of aromatic nitrogens is 1. The first-order chi connectivity index (χ1) is 22.7. The smallest absolute Gasteiger partial charge is 0.409 e. The van der Waals surface area contributed by atoms with Gasteiger partial charge in [0.2, 0.25) is 5.91 Å². The van der Waals surface area contributed by atoms with Gasteiger partial charge < -0.3 is 39.3 Å². The molecular formula is C33H45N7O7. The molecule has 1 aromatic carbocycles. The van der Waals surface area contributed by atoms with Crippen molar-refractivity contribution in [2.24, 2.45) is 0 Å². The van der Waals surface area contributed by atoms with E-state index >= 15 is 0 Å². The van der Waals surface area contributed by atoms with Crippen LogP contribution < -0.4 is 10.1 Å². The van der Waals surface area contributed by atoms with Crippen LogP contribution in [0.2, 0.25) is 0 Å². The molecule has 0 saturated carbocycles. The largest absolute Gasteiger partial charge is 0.483 e. The standard InChI is InChI=1S/C33H45N7O7/c1-3-4-19-46-33(45)40-17-13-36(14-18-40)29(41)22-34-31(43)27-21-28(25-8-7-24(2)20-26(25)35-27)47-23-30(42)37-11-15-39(16-12-37)32(44)38-9-5-6-10-38/h7-8,20-21H,3-6,9-19,22-23H2,1-2H3,(H,34,43). The van der Waals surface area contributed by atoms with E-state index in [1.165, 1.54) is 6.07 Å². The minimum atomic E-state index is -0.546. The van der Waals surface area contributed by atoms with Crippen LogP contribution in [0.15, 0.2) is 24.3 Å². The lowest BCUT2D eigenvalue weighted by Gasteiger charge is -2.36. The molecule has 5 rings (SSSR count). The van der Waals surface area contributed by atoms with Crippen molar-refractivity contribution in [3.63, 3.8) is 0 Å². The van der Waals surface area contributed by atoms with Gasteiger partial charge in [-0.05, 0) is 43.9 Å². The van der Waals surface area contributed by atoms with Crippen molar-refractivity contribution in [1.82, 2.24) is 34.8 Å². The first kappa shape index (κ1) is 33.7. The molecule has 3 aliphatic rings. The van der Waals surface area contributed by atoms with Crippen molar-refractivity contribution in [2.75, 3.05) is 85.2 Å². The number of benzene rings is 1. The van der Waals surface area contributed by atoms with Gasteiger partial charge >= 0.3 is 12.1 Å². The van der Waals surface area contributed by atoms with Crippen molar-refractivity contribution in [3.05, 3.63) is 35.5 Å². The van der Waals surface area contributed by atoms with Crippen molar-refractivity contribution in [2.45, 2.75) is 39.5 Å². The molecule has 0 atom stereocenters. The second-order valence-electron chi connectivity index (χ2n) is 12.2. The number of pyridine rings is 1. The molecule has 6 amide bonds. The Balaban J connectivity index is 1.14. The van der Waals surface area contributed by atoms with Gasteiger partial charge in [-0.15, -0.1) is 0 Å². The Labute approximate surface area is 274 Å². The van der Waals surface area contributed by atoms with Gasteiger partial charge in [-0.2, -0.15) is 0 Å². The number of amides is 6. The number of carbonyl (C=O) groups is 5. The molecule has 14 nitrogen and oxygen atoms in total. The topological polar surface area (TPSA) is 145 Å². The lowest BCUT2D eigenvalue weighted by Crippen LogP contribution is -2.54. The summed E-state index contributed by atoms with van der Waals surface area (Å²) in [6.07, 6.45) is 3.43. The molecule has 1 aromatic heterocycles. The van der Waals surface area contributed by atoms with Crippen LogP contribution in [-0.2, 0) is 14.3 Å². The third-order valence-electron chi connectivity index (χ3n) is 8.80. The molecule has 0 spiro atoms. The fraction of sp³-hybridized carbons (Fsp3) is 0.576. The quantitative estimate of drug-likeness (QED) is 0.406. The predicted molar refractivity (Wildman–Crippen MR) is 173 cm³/mol. The maximum absolute atomic E-state index is 13.2. The highest BCUT2D eigenvalue weighted by atomic mass is 16.6. The average Bonchev–Trinajstić information content (AvgIpc) is 3.64. The normalized spacial score (nSPS) is 16.8. The van der Waals surface area contributed by atoms with Gasteiger partial charge in [0, 0.05) is 76.9 Å². The number of rotatable bonds is 9. The molecule has 0 radical (unpaired) electrons. The number of nitrogens with zero attached hydrogens (tertiary/aromatic N) is 6. The van der Waals surface area contributed by atoms with E-state index in [0.29, 0.717) is 75.6 Å². The van der Waals surface area contributed by atoms with Gasteiger partial charge in [-0.25, -0.2) is 14.6 Å². The van der Waals surface area contributed by atoms with Crippen LogP contribution >= 0.6 is 0 Å². The zero-order chi connectivity index (χ0) is 33.3. The molecule has 1 N–H and O–H groups in total. The first-order valence-electron chi connectivity index (χ1n) is 16.6. The summed E-state index contributed by atoms with van der Waals surface area (Å²) in [5.74, 6) is -0.681. The van der Waals surface area contributed by atoms with E-state index in [1.807, 2.05) is 36.9 Å². The fourth-order valence-corrected chi connectivity index (χ4v) is 5.92. The summed E-state index contributed by atoms with van der Waals surface area (Å²) >= 11 is 0. The van der Waals surface area contributed by atoms with Gasteiger partial charge in [0.05, 0.1) is 18.7 Å². The number of hydrogen-bond acceptors (Lipinski definition) is 8. The SMILES string of the molecule is CCCCOC(=O)N1CCN(C(=O)CNC(=O)c2cc(OCC(=O)N3CCN(C(=O)N4CCCC4)CC3)c3ccc(C)cc3n2)CC1. The highest BCUT2D eigenvalue weighted by molar-refractivity contribution is 5.98. The highest BCUT2D eigenvalue weighted by Crippen LogP contribution is 2.27. The summed E-state index contributed by atoms with van der Waals surface area (Å²) in [6, 6.07) is 7.10. The Morgan fingerprint density at radius 2 is 1.40 bits per heavy atom. The molecule has 4 heterocycles. The van der Waals surface area contributed by atoms with E-state index in [0.717, 1.165) is 44.3 Å². The molecule has 2 aromatic rings. The number of hydrogen-bond donors (Lipinski definition) is 1. The maximum atomic E-state index is 13.2. The van der Waals surface area contributed by atoms with Crippen LogP contribution in [0, 0.1) is 6.92 Å². The second kappa shape index (κ2) is 15.8. The molecule has 0 unspecified atom stereocenters.